The molecule has 0 saturated heterocycles. The van der Waals surface area contributed by atoms with Crippen molar-refractivity contribution < 1.29 is 22.7 Å². The van der Waals surface area contributed by atoms with Gasteiger partial charge in [0.25, 0.3) is 5.91 Å². The molecule has 0 radical (unpaired) electrons. The van der Waals surface area contributed by atoms with Crippen LogP contribution in [0.2, 0.25) is 5.02 Å². The Balaban J connectivity index is 1.44. The minimum atomic E-state index is -4.03. The van der Waals surface area contributed by atoms with Gasteiger partial charge in [0.1, 0.15) is 5.75 Å². The van der Waals surface area contributed by atoms with Crippen LogP contribution in [-0.2, 0) is 27.9 Å². The number of hydrogen-bond acceptors (Lipinski definition) is 6. The van der Waals surface area contributed by atoms with Gasteiger partial charge in [-0.2, -0.15) is 12.7 Å². The van der Waals surface area contributed by atoms with Crippen molar-refractivity contribution >= 4 is 33.4 Å². The Morgan fingerprint density at radius 2 is 1.83 bits per heavy atom. The lowest BCUT2D eigenvalue weighted by Crippen LogP contribution is -2.54. The Bertz CT molecular complexity index is 1430. The van der Waals surface area contributed by atoms with E-state index in [0.29, 0.717) is 36.7 Å². The van der Waals surface area contributed by atoms with Crippen molar-refractivity contribution in [2.45, 2.75) is 70.6 Å². The number of amides is 1. The van der Waals surface area contributed by atoms with Gasteiger partial charge in [-0.15, -0.1) is 0 Å². The number of aryl methyl sites for hydroxylation is 1. The molecular weight excluding hydrogens is 574 g/mol. The zero-order valence-electron chi connectivity index (χ0n) is 24.7. The highest BCUT2D eigenvalue weighted by Crippen LogP contribution is 2.49. The van der Waals surface area contributed by atoms with E-state index in [2.05, 4.69) is 21.8 Å². The third kappa shape index (κ3) is 5.77. The van der Waals surface area contributed by atoms with E-state index in [1.54, 1.807) is 19.2 Å². The molecule has 2 aromatic carbocycles. The first kappa shape index (κ1) is 29.7. The quantitative estimate of drug-likeness (QED) is 0.460. The number of anilines is 1. The largest absolute Gasteiger partial charge is 0.491 e. The number of nitrogens with one attached hydrogen (secondary N) is 1. The van der Waals surface area contributed by atoms with E-state index in [4.69, 9.17) is 21.1 Å². The SMILES string of the molecule is CO[C@H]1C2CC(C2)[C@H](C)N(C)S(=O)(=O)NC(=O)c2ccc3c(c2)N(Cc2ccc(Cl)cc2CCCCO3)C[C@@H]2CC[C@H]21. The van der Waals surface area contributed by atoms with Gasteiger partial charge in [0, 0.05) is 43.9 Å². The molecule has 2 saturated carbocycles. The number of halogens is 1. The van der Waals surface area contributed by atoms with E-state index in [1.165, 1.54) is 15.4 Å². The summed E-state index contributed by atoms with van der Waals surface area (Å²) in [6.07, 6.45) is 7.03. The highest BCUT2D eigenvalue weighted by molar-refractivity contribution is 7.87. The number of benzene rings is 2. The smallest absolute Gasteiger partial charge is 0.304 e. The first-order valence-corrected chi connectivity index (χ1v) is 17.1. The molecule has 7 rings (SSSR count). The Morgan fingerprint density at radius 1 is 1.02 bits per heavy atom. The van der Waals surface area contributed by atoms with Crippen LogP contribution in [0.25, 0.3) is 0 Å². The summed E-state index contributed by atoms with van der Waals surface area (Å²) in [6, 6.07) is 11.2. The predicted octanol–water partition coefficient (Wildman–Crippen LogP) is 5.44. The number of hydrogen-bond donors (Lipinski definition) is 1. The molecule has 0 spiro atoms. The Kier molecular flexibility index (Phi) is 8.48. The van der Waals surface area contributed by atoms with Crippen molar-refractivity contribution in [2.75, 3.05) is 32.2 Å². The molecule has 2 aliphatic carbocycles. The maximum Gasteiger partial charge on any atom is 0.304 e. The third-order valence-electron chi connectivity index (χ3n) is 10.3. The number of nitrogens with zero attached hydrogens (tertiary/aromatic N) is 2. The van der Waals surface area contributed by atoms with E-state index in [-0.39, 0.29) is 23.6 Å². The summed E-state index contributed by atoms with van der Waals surface area (Å²) < 4.78 is 42.7. The van der Waals surface area contributed by atoms with Gasteiger partial charge in [-0.25, -0.2) is 4.72 Å². The molecule has 2 aromatic rings. The Labute approximate surface area is 254 Å². The molecule has 0 aromatic heterocycles. The van der Waals surface area contributed by atoms with Gasteiger partial charge in [0.2, 0.25) is 0 Å². The van der Waals surface area contributed by atoms with Gasteiger partial charge in [-0.1, -0.05) is 17.7 Å². The van der Waals surface area contributed by atoms with E-state index >= 15 is 0 Å². The fourth-order valence-electron chi connectivity index (χ4n) is 7.45. The number of carbonyl (C=O) groups is 1. The van der Waals surface area contributed by atoms with Crippen LogP contribution in [0.4, 0.5) is 5.69 Å². The zero-order chi connectivity index (χ0) is 29.6. The molecule has 2 fully saturated rings. The van der Waals surface area contributed by atoms with Crippen LogP contribution in [0.1, 0.15) is 66.9 Å². The molecule has 1 amide bonds. The lowest BCUT2D eigenvalue weighted by atomic mass is 9.60. The maximum absolute atomic E-state index is 13.4. The van der Waals surface area contributed by atoms with Crippen molar-refractivity contribution in [3.8, 4) is 5.75 Å². The summed E-state index contributed by atoms with van der Waals surface area (Å²) in [4.78, 5) is 15.7. The molecule has 3 aliphatic heterocycles. The average Bonchev–Trinajstić information content (AvgIpc) is 2.95. The molecule has 5 aliphatic rings. The second-order valence-corrected chi connectivity index (χ2v) is 14.8. The van der Waals surface area contributed by atoms with E-state index in [1.807, 2.05) is 26.2 Å². The van der Waals surface area contributed by atoms with E-state index < -0.39 is 16.1 Å². The van der Waals surface area contributed by atoms with E-state index in [9.17, 15) is 13.2 Å². The van der Waals surface area contributed by atoms with Crippen molar-refractivity contribution in [3.63, 3.8) is 0 Å². The summed E-state index contributed by atoms with van der Waals surface area (Å²) in [5.74, 6) is 1.57. The summed E-state index contributed by atoms with van der Waals surface area (Å²) >= 11 is 6.42. The zero-order valence-corrected chi connectivity index (χ0v) is 26.3. The van der Waals surface area contributed by atoms with Gasteiger partial charge in [-0.05, 0) is 117 Å². The molecule has 228 valence electrons. The average molecular weight is 616 g/mol. The molecule has 1 N–H and O–H groups in total. The third-order valence-corrected chi connectivity index (χ3v) is 12.1. The number of methoxy groups -OCH3 is 1. The second-order valence-electron chi connectivity index (χ2n) is 12.7. The fraction of sp³-hybridized carbons (Fsp3) is 0.594. The van der Waals surface area contributed by atoms with Crippen LogP contribution in [0, 0.1) is 23.7 Å². The van der Waals surface area contributed by atoms with Crippen molar-refractivity contribution in [2.24, 2.45) is 23.7 Å². The van der Waals surface area contributed by atoms with Crippen LogP contribution in [0.3, 0.4) is 0 Å². The number of carbonyl (C=O) groups excluding carboxylic acids is 1. The van der Waals surface area contributed by atoms with Gasteiger partial charge >= 0.3 is 10.2 Å². The van der Waals surface area contributed by atoms with Crippen LogP contribution in [0.15, 0.2) is 36.4 Å². The molecule has 8 nitrogen and oxygen atoms in total. The topological polar surface area (TPSA) is 88.2 Å². The van der Waals surface area contributed by atoms with Gasteiger partial charge in [0.05, 0.1) is 18.4 Å². The maximum atomic E-state index is 13.4. The molecule has 4 atom stereocenters. The first-order chi connectivity index (χ1) is 20.1. The van der Waals surface area contributed by atoms with Crippen molar-refractivity contribution in [3.05, 3.63) is 58.1 Å². The molecular formula is C32H42ClN3O5S. The van der Waals surface area contributed by atoms with Crippen molar-refractivity contribution in [1.82, 2.24) is 9.03 Å². The monoisotopic (exact) mass is 615 g/mol. The van der Waals surface area contributed by atoms with Crippen molar-refractivity contribution in [1.29, 1.82) is 0 Å². The molecule has 42 heavy (non-hydrogen) atoms. The lowest BCUT2D eigenvalue weighted by Gasteiger charge is -2.51. The Hall–Kier alpha value is -2.33. The highest BCUT2D eigenvalue weighted by atomic mass is 35.5. The summed E-state index contributed by atoms with van der Waals surface area (Å²) in [5.41, 5.74) is 3.53. The van der Waals surface area contributed by atoms with E-state index in [0.717, 1.165) is 62.2 Å². The first-order valence-electron chi connectivity index (χ1n) is 15.3. The summed E-state index contributed by atoms with van der Waals surface area (Å²) in [5, 5.41) is 0.730. The highest BCUT2D eigenvalue weighted by Gasteiger charge is 2.48. The minimum Gasteiger partial charge on any atom is -0.491 e. The summed E-state index contributed by atoms with van der Waals surface area (Å²) in [7, 11) is -0.653. The lowest BCUT2D eigenvalue weighted by molar-refractivity contribution is -0.0901. The molecule has 3 heterocycles. The second kappa shape index (κ2) is 12.0. The van der Waals surface area contributed by atoms with Crippen LogP contribution in [-0.4, -0.2) is 58.1 Å². The number of ether oxygens (including phenoxy) is 2. The molecule has 10 heteroatoms. The van der Waals surface area contributed by atoms with Crippen LogP contribution >= 0.6 is 11.6 Å². The molecule has 4 bridgehead atoms. The van der Waals surface area contributed by atoms with Gasteiger partial charge in [0.15, 0.2) is 0 Å². The van der Waals surface area contributed by atoms with Gasteiger partial charge < -0.3 is 14.4 Å². The van der Waals surface area contributed by atoms with Gasteiger partial charge in [-0.3, -0.25) is 4.79 Å². The normalized spacial score (nSPS) is 31.6. The number of rotatable bonds is 1. The number of fused-ring (bicyclic) bond motifs is 5. The summed E-state index contributed by atoms with van der Waals surface area (Å²) in [6.45, 7) is 3.92. The standard InChI is InChI=1S/C32H42ClN3O5S/c1-20-25-14-26(15-25)31(40-3)28-11-8-24(28)19-36-18-23-7-10-27(33)16-21(23)6-4-5-13-41-30-12-9-22(17-29(30)36)32(37)34-42(38,39)35(20)2/h7,9-10,12,16-17,20,24-26,28,31H,4-6,8,11,13-15,18-19H2,1-3H3,(H,34,37)/t20-,24-,25?,26?,28+,31-/m0/s1. The predicted molar refractivity (Wildman–Crippen MR) is 164 cm³/mol. The molecule has 0 unspecified atom stereocenters. The fourth-order valence-corrected chi connectivity index (χ4v) is 8.75. The Morgan fingerprint density at radius 3 is 2.57 bits per heavy atom. The minimum absolute atomic E-state index is 0.152. The van der Waals surface area contributed by atoms with Crippen LogP contribution < -0.4 is 14.4 Å². The van der Waals surface area contributed by atoms with Crippen LogP contribution in [0.5, 0.6) is 5.75 Å².